The molecule has 1 aromatic rings. The molecule has 0 fully saturated rings. The Labute approximate surface area is 125 Å². The smallest absolute Gasteiger partial charge is 0.255 e. The lowest BCUT2D eigenvalue weighted by atomic mass is 10.2. The van der Waals surface area contributed by atoms with E-state index in [1.54, 1.807) is 12.1 Å². The van der Waals surface area contributed by atoms with Gasteiger partial charge in [-0.1, -0.05) is 11.6 Å². The van der Waals surface area contributed by atoms with E-state index in [2.05, 4.69) is 27.9 Å². The van der Waals surface area contributed by atoms with Gasteiger partial charge in [-0.25, -0.2) is 0 Å². The third-order valence-electron chi connectivity index (χ3n) is 2.40. The van der Waals surface area contributed by atoms with Gasteiger partial charge in [-0.15, -0.1) is 0 Å². The Kier molecular flexibility index (Phi) is 6.73. The summed E-state index contributed by atoms with van der Waals surface area (Å²) < 4.78 is 6.04. The molecule has 6 heteroatoms. The SMILES string of the molecule is COc1cc(I)c(Cl)cc1C(=O)NCCCCN. The van der Waals surface area contributed by atoms with Crippen LogP contribution in [0.5, 0.6) is 5.75 Å². The van der Waals surface area contributed by atoms with Crippen LogP contribution >= 0.6 is 34.2 Å². The molecule has 0 aliphatic rings. The van der Waals surface area contributed by atoms with E-state index < -0.39 is 0 Å². The van der Waals surface area contributed by atoms with Gasteiger partial charge in [0.15, 0.2) is 0 Å². The number of carbonyl (C=O) groups is 1. The van der Waals surface area contributed by atoms with E-state index in [0.717, 1.165) is 16.4 Å². The fraction of sp³-hybridized carbons (Fsp3) is 0.417. The first-order valence-corrected chi connectivity index (χ1v) is 7.07. The third kappa shape index (κ3) is 4.29. The molecule has 4 nitrogen and oxygen atoms in total. The molecule has 1 amide bonds. The summed E-state index contributed by atoms with van der Waals surface area (Å²) in [4.78, 5) is 12.0. The Bertz CT molecular complexity index is 427. The minimum absolute atomic E-state index is 0.179. The standard InChI is InChI=1S/C12H16ClIN2O2/c1-18-11-7-10(14)9(13)6-8(11)12(17)16-5-3-2-4-15/h6-7H,2-5,15H2,1H3,(H,16,17). The minimum Gasteiger partial charge on any atom is -0.496 e. The summed E-state index contributed by atoms with van der Waals surface area (Å²) in [6.45, 7) is 1.23. The number of hydrogen-bond acceptors (Lipinski definition) is 3. The highest BCUT2D eigenvalue weighted by Gasteiger charge is 2.14. The van der Waals surface area contributed by atoms with Crippen LogP contribution in [0.25, 0.3) is 0 Å². The molecule has 0 aromatic heterocycles. The molecule has 0 radical (unpaired) electrons. The quantitative estimate of drug-likeness (QED) is 0.587. The predicted octanol–water partition coefficient (Wildman–Crippen LogP) is 2.42. The van der Waals surface area contributed by atoms with Crippen molar-refractivity contribution >= 4 is 40.1 Å². The highest BCUT2D eigenvalue weighted by atomic mass is 127. The molecular formula is C12H16ClIN2O2. The van der Waals surface area contributed by atoms with Gasteiger partial charge < -0.3 is 15.8 Å². The second kappa shape index (κ2) is 7.81. The summed E-state index contributed by atoms with van der Waals surface area (Å²) >= 11 is 8.11. The molecule has 18 heavy (non-hydrogen) atoms. The van der Waals surface area contributed by atoms with Gasteiger partial charge in [0.2, 0.25) is 0 Å². The number of ether oxygens (including phenoxy) is 1. The van der Waals surface area contributed by atoms with Crippen molar-refractivity contribution in [3.8, 4) is 5.75 Å². The summed E-state index contributed by atoms with van der Waals surface area (Å²) in [6, 6.07) is 3.37. The van der Waals surface area contributed by atoms with Crippen LogP contribution in [-0.2, 0) is 0 Å². The normalized spacial score (nSPS) is 10.2. The lowest BCUT2D eigenvalue weighted by Gasteiger charge is -2.10. The lowest BCUT2D eigenvalue weighted by molar-refractivity contribution is 0.0950. The molecule has 100 valence electrons. The number of nitrogens with two attached hydrogens (primary N) is 1. The van der Waals surface area contributed by atoms with Crippen LogP contribution in [0.2, 0.25) is 5.02 Å². The summed E-state index contributed by atoms with van der Waals surface area (Å²) in [6.07, 6.45) is 1.76. The average Bonchev–Trinajstić information content (AvgIpc) is 2.37. The Morgan fingerprint density at radius 2 is 2.22 bits per heavy atom. The Hall–Kier alpha value is -0.530. The van der Waals surface area contributed by atoms with Crippen molar-refractivity contribution in [1.82, 2.24) is 5.32 Å². The van der Waals surface area contributed by atoms with Crippen LogP contribution in [0.3, 0.4) is 0 Å². The predicted molar refractivity (Wildman–Crippen MR) is 81.3 cm³/mol. The molecule has 3 N–H and O–H groups in total. The van der Waals surface area contributed by atoms with Crippen molar-refractivity contribution in [3.63, 3.8) is 0 Å². The van der Waals surface area contributed by atoms with Crippen LogP contribution in [0.4, 0.5) is 0 Å². The van der Waals surface area contributed by atoms with E-state index in [1.807, 2.05) is 0 Å². The number of benzene rings is 1. The topological polar surface area (TPSA) is 64.3 Å². The summed E-state index contributed by atoms with van der Waals surface area (Å²) in [5.41, 5.74) is 5.84. The van der Waals surface area contributed by atoms with Crippen molar-refractivity contribution in [2.45, 2.75) is 12.8 Å². The Balaban J connectivity index is 2.75. The molecular weight excluding hydrogens is 367 g/mol. The number of amides is 1. The fourth-order valence-corrected chi connectivity index (χ4v) is 2.04. The van der Waals surface area contributed by atoms with Gasteiger partial charge >= 0.3 is 0 Å². The number of rotatable bonds is 6. The van der Waals surface area contributed by atoms with E-state index >= 15 is 0 Å². The molecule has 0 atom stereocenters. The molecule has 0 spiro atoms. The number of unbranched alkanes of at least 4 members (excludes halogenated alkanes) is 1. The fourth-order valence-electron chi connectivity index (χ4n) is 1.44. The molecule has 0 saturated heterocycles. The van der Waals surface area contributed by atoms with Crippen LogP contribution in [0, 0.1) is 3.57 Å². The summed E-state index contributed by atoms with van der Waals surface area (Å²) in [7, 11) is 1.53. The average molecular weight is 383 g/mol. The second-order valence-electron chi connectivity index (χ2n) is 3.72. The van der Waals surface area contributed by atoms with Gasteiger partial charge in [-0.2, -0.15) is 0 Å². The van der Waals surface area contributed by atoms with Crippen molar-refractivity contribution in [2.24, 2.45) is 5.73 Å². The number of carbonyl (C=O) groups excluding carboxylic acids is 1. The largest absolute Gasteiger partial charge is 0.496 e. The van der Waals surface area contributed by atoms with Crippen LogP contribution in [0.1, 0.15) is 23.2 Å². The van der Waals surface area contributed by atoms with Crippen LogP contribution < -0.4 is 15.8 Å². The van der Waals surface area contributed by atoms with E-state index in [1.165, 1.54) is 7.11 Å². The Morgan fingerprint density at radius 1 is 1.50 bits per heavy atom. The third-order valence-corrected chi connectivity index (χ3v) is 3.93. The number of hydrogen-bond donors (Lipinski definition) is 2. The maximum atomic E-state index is 12.0. The maximum Gasteiger partial charge on any atom is 0.255 e. The highest BCUT2D eigenvalue weighted by molar-refractivity contribution is 14.1. The van der Waals surface area contributed by atoms with Crippen LogP contribution in [0.15, 0.2) is 12.1 Å². The highest BCUT2D eigenvalue weighted by Crippen LogP contribution is 2.28. The maximum absolute atomic E-state index is 12.0. The molecule has 1 aromatic carbocycles. The molecule has 1 rings (SSSR count). The second-order valence-corrected chi connectivity index (χ2v) is 5.29. The van der Waals surface area contributed by atoms with Gasteiger partial charge in [0.25, 0.3) is 5.91 Å². The van der Waals surface area contributed by atoms with Gasteiger partial charge in [0.05, 0.1) is 17.7 Å². The lowest BCUT2D eigenvalue weighted by Crippen LogP contribution is -2.25. The van der Waals surface area contributed by atoms with Crippen molar-refractivity contribution in [2.75, 3.05) is 20.2 Å². The first-order valence-electron chi connectivity index (χ1n) is 5.61. The van der Waals surface area contributed by atoms with Gasteiger partial charge in [-0.3, -0.25) is 4.79 Å². The van der Waals surface area contributed by atoms with Gasteiger partial charge in [0, 0.05) is 10.1 Å². The first kappa shape index (κ1) is 15.5. The first-order chi connectivity index (χ1) is 8.60. The zero-order valence-corrected chi connectivity index (χ0v) is 13.0. The minimum atomic E-state index is -0.179. The number of halogens is 2. The van der Waals surface area contributed by atoms with Crippen molar-refractivity contribution in [1.29, 1.82) is 0 Å². The zero-order chi connectivity index (χ0) is 13.5. The van der Waals surface area contributed by atoms with E-state index in [9.17, 15) is 4.79 Å². The number of methoxy groups -OCH3 is 1. The van der Waals surface area contributed by atoms with E-state index in [-0.39, 0.29) is 5.91 Å². The molecule has 0 unspecified atom stereocenters. The van der Waals surface area contributed by atoms with Crippen molar-refractivity contribution in [3.05, 3.63) is 26.3 Å². The summed E-state index contributed by atoms with van der Waals surface area (Å²) in [5, 5.41) is 3.36. The number of nitrogens with one attached hydrogen (secondary N) is 1. The van der Waals surface area contributed by atoms with Crippen molar-refractivity contribution < 1.29 is 9.53 Å². The Morgan fingerprint density at radius 3 is 2.83 bits per heavy atom. The van der Waals surface area contributed by atoms with Gasteiger partial charge in [-0.05, 0) is 54.1 Å². The van der Waals surface area contributed by atoms with Gasteiger partial charge in [0.1, 0.15) is 5.75 Å². The van der Waals surface area contributed by atoms with E-state index in [4.69, 9.17) is 22.1 Å². The molecule has 0 aliphatic heterocycles. The summed E-state index contributed by atoms with van der Waals surface area (Å²) in [5.74, 6) is 0.349. The molecule has 0 aliphatic carbocycles. The van der Waals surface area contributed by atoms with Crippen LogP contribution in [-0.4, -0.2) is 26.1 Å². The monoisotopic (exact) mass is 382 g/mol. The zero-order valence-electron chi connectivity index (χ0n) is 10.1. The molecule has 0 bridgehead atoms. The molecule has 0 heterocycles. The van der Waals surface area contributed by atoms with E-state index in [0.29, 0.717) is 29.4 Å². The molecule has 0 saturated carbocycles.